The molecule has 3 rings (SSSR count). The minimum atomic E-state index is 0.607. The Morgan fingerprint density at radius 2 is 2.41 bits per heavy atom. The molecule has 0 amide bonds. The monoisotopic (exact) mass is 229 g/mol. The molecular formula is C14H19N3. The molecule has 0 aromatic carbocycles. The lowest BCUT2D eigenvalue weighted by atomic mass is 10.0. The molecule has 1 N–H and O–H groups in total. The van der Waals surface area contributed by atoms with Crippen LogP contribution in [0.5, 0.6) is 0 Å². The highest BCUT2D eigenvalue weighted by atomic mass is 15.0. The first kappa shape index (κ1) is 10.8. The van der Waals surface area contributed by atoms with Crippen LogP contribution in [0.4, 0.5) is 0 Å². The Morgan fingerprint density at radius 3 is 3.24 bits per heavy atom. The van der Waals surface area contributed by atoms with Crippen molar-refractivity contribution in [3.8, 4) is 0 Å². The number of hydrogen-bond acceptors (Lipinski definition) is 2. The van der Waals surface area contributed by atoms with E-state index >= 15 is 0 Å². The minimum Gasteiger partial charge on any atom is -0.314 e. The SMILES string of the molecule is Cc1ccn2c(CC3CCCCN3)ncc2c1. The largest absolute Gasteiger partial charge is 0.314 e. The summed E-state index contributed by atoms with van der Waals surface area (Å²) in [7, 11) is 0. The summed E-state index contributed by atoms with van der Waals surface area (Å²) < 4.78 is 2.21. The van der Waals surface area contributed by atoms with Gasteiger partial charge in [0.15, 0.2) is 0 Å². The molecule has 1 unspecified atom stereocenters. The van der Waals surface area contributed by atoms with Gasteiger partial charge in [-0.3, -0.25) is 0 Å². The van der Waals surface area contributed by atoms with Crippen molar-refractivity contribution >= 4 is 5.52 Å². The quantitative estimate of drug-likeness (QED) is 0.856. The summed E-state index contributed by atoms with van der Waals surface area (Å²) in [5, 5.41) is 3.58. The second-order valence-electron chi connectivity index (χ2n) is 5.02. The van der Waals surface area contributed by atoms with Gasteiger partial charge in [0.1, 0.15) is 5.82 Å². The number of rotatable bonds is 2. The molecular weight excluding hydrogens is 210 g/mol. The highest BCUT2D eigenvalue weighted by Crippen LogP contribution is 2.14. The lowest BCUT2D eigenvalue weighted by molar-refractivity contribution is 0.394. The number of pyridine rings is 1. The number of hydrogen-bond donors (Lipinski definition) is 1. The van der Waals surface area contributed by atoms with Gasteiger partial charge in [0.2, 0.25) is 0 Å². The highest BCUT2D eigenvalue weighted by Gasteiger charge is 2.15. The fraction of sp³-hybridized carbons (Fsp3) is 0.500. The van der Waals surface area contributed by atoms with Gasteiger partial charge < -0.3 is 9.72 Å². The van der Waals surface area contributed by atoms with Crippen LogP contribution < -0.4 is 5.32 Å². The predicted molar refractivity (Wildman–Crippen MR) is 69.3 cm³/mol. The van der Waals surface area contributed by atoms with Crippen molar-refractivity contribution in [1.29, 1.82) is 0 Å². The first-order valence-electron chi connectivity index (χ1n) is 6.49. The summed E-state index contributed by atoms with van der Waals surface area (Å²) in [6.07, 6.45) is 9.09. The summed E-state index contributed by atoms with van der Waals surface area (Å²) in [5.41, 5.74) is 2.50. The number of piperidine rings is 1. The summed E-state index contributed by atoms with van der Waals surface area (Å²) in [6.45, 7) is 3.28. The summed E-state index contributed by atoms with van der Waals surface area (Å²) in [6, 6.07) is 4.94. The van der Waals surface area contributed by atoms with Crippen molar-refractivity contribution in [2.45, 2.75) is 38.6 Å². The van der Waals surface area contributed by atoms with Crippen molar-refractivity contribution in [3.63, 3.8) is 0 Å². The van der Waals surface area contributed by atoms with E-state index in [0.29, 0.717) is 6.04 Å². The van der Waals surface area contributed by atoms with Gasteiger partial charge >= 0.3 is 0 Å². The van der Waals surface area contributed by atoms with Crippen LogP contribution in [0.3, 0.4) is 0 Å². The van der Waals surface area contributed by atoms with E-state index in [0.717, 1.165) is 13.0 Å². The molecule has 0 radical (unpaired) electrons. The third-order valence-electron chi connectivity index (χ3n) is 3.61. The Balaban J connectivity index is 1.84. The average molecular weight is 229 g/mol. The zero-order chi connectivity index (χ0) is 11.7. The second-order valence-corrected chi connectivity index (χ2v) is 5.02. The van der Waals surface area contributed by atoms with Crippen LogP contribution >= 0.6 is 0 Å². The molecule has 1 aliphatic heterocycles. The molecule has 2 aromatic rings. The smallest absolute Gasteiger partial charge is 0.114 e. The van der Waals surface area contributed by atoms with E-state index in [2.05, 4.69) is 40.0 Å². The van der Waals surface area contributed by atoms with Crippen LogP contribution in [0.1, 0.15) is 30.7 Å². The number of fused-ring (bicyclic) bond motifs is 1. The lowest BCUT2D eigenvalue weighted by Crippen LogP contribution is -2.36. The van der Waals surface area contributed by atoms with E-state index in [9.17, 15) is 0 Å². The molecule has 1 fully saturated rings. The molecule has 90 valence electrons. The third kappa shape index (κ3) is 2.20. The van der Waals surface area contributed by atoms with Crippen molar-refractivity contribution in [2.75, 3.05) is 6.54 Å². The summed E-state index contributed by atoms with van der Waals surface area (Å²) in [5.74, 6) is 1.18. The van der Waals surface area contributed by atoms with Crippen molar-refractivity contribution < 1.29 is 0 Å². The van der Waals surface area contributed by atoms with E-state index in [1.165, 1.54) is 36.2 Å². The van der Waals surface area contributed by atoms with E-state index in [-0.39, 0.29) is 0 Å². The van der Waals surface area contributed by atoms with E-state index in [1.54, 1.807) is 0 Å². The van der Waals surface area contributed by atoms with Crippen molar-refractivity contribution in [2.24, 2.45) is 0 Å². The molecule has 0 bridgehead atoms. The van der Waals surface area contributed by atoms with Gasteiger partial charge in [0.05, 0.1) is 11.7 Å². The van der Waals surface area contributed by atoms with Crippen molar-refractivity contribution in [3.05, 3.63) is 35.9 Å². The molecule has 3 nitrogen and oxygen atoms in total. The van der Waals surface area contributed by atoms with E-state index in [1.807, 2.05) is 6.20 Å². The molecule has 3 heteroatoms. The number of nitrogens with one attached hydrogen (secondary N) is 1. The lowest BCUT2D eigenvalue weighted by Gasteiger charge is -2.22. The predicted octanol–water partition coefficient (Wildman–Crippen LogP) is 2.33. The molecule has 3 heterocycles. The molecule has 1 saturated heterocycles. The van der Waals surface area contributed by atoms with Gasteiger partial charge in [-0.25, -0.2) is 4.98 Å². The Morgan fingerprint density at radius 1 is 1.47 bits per heavy atom. The van der Waals surface area contributed by atoms with Gasteiger partial charge in [0, 0.05) is 18.7 Å². The van der Waals surface area contributed by atoms with Crippen molar-refractivity contribution in [1.82, 2.24) is 14.7 Å². The van der Waals surface area contributed by atoms with Crippen LogP contribution in [-0.4, -0.2) is 22.0 Å². The molecule has 2 aromatic heterocycles. The zero-order valence-corrected chi connectivity index (χ0v) is 10.3. The fourth-order valence-electron chi connectivity index (χ4n) is 2.64. The Kier molecular flexibility index (Phi) is 2.85. The number of nitrogens with zero attached hydrogens (tertiary/aromatic N) is 2. The normalized spacial score (nSPS) is 20.9. The maximum atomic E-state index is 4.55. The van der Waals surface area contributed by atoms with Gasteiger partial charge in [0.25, 0.3) is 0 Å². The average Bonchev–Trinajstić information content (AvgIpc) is 2.73. The molecule has 0 saturated carbocycles. The van der Waals surface area contributed by atoms with Gasteiger partial charge in [-0.1, -0.05) is 6.42 Å². The first-order chi connectivity index (χ1) is 8.33. The third-order valence-corrected chi connectivity index (χ3v) is 3.61. The summed E-state index contributed by atoms with van der Waals surface area (Å²) in [4.78, 5) is 4.55. The molecule has 0 spiro atoms. The van der Waals surface area contributed by atoms with Gasteiger partial charge in [-0.15, -0.1) is 0 Å². The fourth-order valence-corrected chi connectivity index (χ4v) is 2.64. The highest BCUT2D eigenvalue weighted by molar-refractivity contribution is 5.48. The topological polar surface area (TPSA) is 29.3 Å². The number of aryl methyl sites for hydroxylation is 1. The van der Waals surface area contributed by atoms with Gasteiger partial charge in [-0.2, -0.15) is 0 Å². The van der Waals surface area contributed by atoms with Crippen LogP contribution in [0.15, 0.2) is 24.5 Å². The van der Waals surface area contributed by atoms with Crippen LogP contribution in [0, 0.1) is 6.92 Å². The number of aromatic nitrogens is 2. The standard InChI is InChI=1S/C14H19N3/c1-11-5-7-17-13(8-11)10-16-14(17)9-12-4-2-3-6-15-12/h5,7-8,10,12,15H,2-4,6,9H2,1H3. The molecule has 0 aliphatic carbocycles. The molecule has 17 heavy (non-hydrogen) atoms. The maximum absolute atomic E-state index is 4.55. The Labute approximate surface area is 102 Å². The van der Waals surface area contributed by atoms with Gasteiger partial charge in [-0.05, 0) is 44.0 Å². The summed E-state index contributed by atoms with van der Waals surface area (Å²) >= 11 is 0. The minimum absolute atomic E-state index is 0.607. The van der Waals surface area contributed by atoms with Crippen LogP contribution in [-0.2, 0) is 6.42 Å². The molecule has 1 atom stereocenters. The molecule has 1 aliphatic rings. The zero-order valence-electron chi connectivity index (χ0n) is 10.3. The van der Waals surface area contributed by atoms with Crippen LogP contribution in [0.2, 0.25) is 0 Å². The Hall–Kier alpha value is -1.35. The maximum Gasteiger partial charge on any atom is 0.114 e. The Bertz CT molecular complexity index is 509. The number of imidazole rings is 1. The second kappa shape index (κ2) is 4.49. The van der Waals surface area contributed by atoms with E-state index < -0.39 is 0 Å². The van der Waals surface area contributed by atoms with Crippen LogP contribution in [0.25, 0.3) is 5.52 Å². The van der Waals surface area contributed by atoms with E-state index in [4.69, 9.17) is 0 Å². The first-order valence-corrected chi connectivity index (χ1v) is 6.49.